The third-order valence-corrected chi connectivity index (χ3v) is 7.96. The molecule has 0 aliphatic carbocycles. The van der Waals surface area contributed by atoms with Gasteiger partial charge in [-0.2, -0.15) is 0 Å². The number of nitrogens with one attached hydrogen (secondary N) is 2. The predicted molar refractivity (Wildman–Crippen MR) is 140 cm³/mol. The van der Waals surface area contributed by atoms with E-state index in [-0.39, 0.29) is 10.8 Å². The van der Waals surface area contributed by atoms with Gasteiger partial charge in [0.05, 0.1) is 10.5 Å². The number of hydrogen-bond acceptors (Lipinski definition) is 4. The number of sulfonamides is 1. The topological polar surface area (TPSA) is 78.5 Å². The molecule has 1 fully saturated rings. The summed E-state index contributed by atoms with van der Waals surface area (Å²) in [6.07, 6.45) is 2.12. The van der Waals surface area contributed by atoms with Crippen LogP contribution in [0.25, 0.3) is 0 Å². The van der Waals surface area contributed by atoms with E-state index in [0.717, 1.165) is 41.7 Å². The Kier molecular flexibility index (Phi) is 7.58. The minimum Gasteiger partial charge on any atom is -0.371 e. The zero-order valence-corrected chi connectivity index (χ0v) is 21.4. The quantitative estimate of drug-likeness (QED) is 0.418. The number of piperidine rings is 1. The highest BCUT2D eigenvalue weighted by atomic mass is 79.9. The summed E-state index contributed by atoms with van der Waals surface area (Å²) < 4.78 is 29.2. The molecule has 8 heteroatoms. The van der Waals surface area contributed by atoms with Crippen LogP contribution in [-0.4, -0.2) is 27.4 Å². The van der Waals surface area contributed by atoms with E-state index in [4.69, 9.17) is 0 Å². The Hall–Kier alpha value is -2.84. The standard InChI is InChI=1S/C26H28BrN3O3S/c1-19-13-15-30(16-14-19)25-12-9-22(29-34(32,33)23-10-7-21(27)8-11-23)17-24(25)26(31)28-18-20-5-3-2-4-6-20/h2-12,17,19,29H,13-16,18H2,1H3,(H,28,31). The molecule has 178 valence electrons. The van der Waals surface area contributed by atoms with Gasteiger partial charge in [-0.15, -0.1) is 0 Å². The molecular formula is C26H28BrN3O3S. The van der Waals surface area contributed by atoms with E-state index in [1.807, 2.05) is 36.4 Å². The van der Waals surface area contributed by atoms with Gasteiger partial charge in [-0.05, 0) is 66.8 Å². The van der Waals surface area contributed by atoms with E-state index in [1.54, 1.807) is 24.3 Å². The molecule has 3 aromatic carbocycles. The van der Waals surface area contributed by atoms with Crippen molar-refractivity contribution in [1.82, 2.24) is 5.32 Å². The Balaban J connectivity index is 1.61. The first kappa shape index (κ1) is 24.3. The number of hydrogen-bond donors (Lipinski definition) is 2. The summed E-state index contributed by atoms with van der Waals surface area (Å²) in [5.41, 5.74) is 2.63. The smallest absolute Gasteiger partial charge is 0.261 e. The van der Waals surface area contributed by atoms with Crippen LogP contribution in [0.4, 0.5) is 11.4 Å². The zero-order chi connectivity index (χ0) is 24.1. The second-order valence-electron chi connectivity index (χ2n) is 8.63. The number of amides is 1. The van der Waals surface area contributed by atoms with Crippen molar-refractivity contribution in [3.63, 3.8) is 0 Å². The lowest BCUT2D eigenvalue weighted by Gasteiger charge is -2.33. The molecule has 0 bridgehead atoms. The van der Waals surface area contributed by atoms with Crippen LogP contribution in [-0.2, 0) is 16.6 Å². The molecule has 0 unspecified atom stereocenters. The lowest BCUT2D eigenvalue weighted by Crippen LogP contribution is -2.35. The molecule has 2 N–H and O–H groups in total. The predicted octanol–water partition coefficient (Wildman–Crippen LogP) is 5.42. The van der Waals surface area contributed by atoms with E-state index < -0.39 is 10.0 Å². The molecule has 6 nitrogen and oxygen atoms in total. The lowest BCUT2D eigenvalue weighted by molar-refractivity contribution is 0.0951. The summed E-state index contributed by atoms with van der Waals surface area (Å²) in [7, 11) is -3.79. The van der Waals surface area contributed by atoms with Gasteiger partial charge in [-0.1, -0.05) is 53.2 Å². The van der Waals surface area contributed by atoms with Crippen molar-refractivity contribution in [3.8, 4) is 0 Å². The molecule has 0 atom stereocenters. The maximum atomic E-state index is 13.3. The highest BCUT2D eigenvalue weighted by Crippen LogP contribution is 2.30. The first-order valence-electron chi connectivity index (χ1n) is 11.3. The van der Waals surface area contributed by atoms with Crippen molar-refractivity contribution >= 4 is 43.2 Å². The Labute approximate surface area is 209 Å². The number of nitrogens with zero attached hydrogens (tertiary/aromatic N) is 1. The summed E-state index contributed by atoms with van der Waals surface area (Å²) in [5, 5.41) is 2.98. The van der Waals surface area contributed by atoms with E-state index in [0.29, 0.717) is 23.7 Å². The first-order valence-corrected chi connectivity index (χ1v) is 13.6. The van der Waals surface area contributed by atoms with Crippen LogP contribution in [0.15, 0.2) is 82.2 Å². The Bertz CT molecular complexity index is 1240. The molecule has 0 radical (unpaired) electrons. The molecule has 0 saturated carbocycles. The van der Waals surface area contributed by atoms with Gasteiger partial charge in [0, 0.05) is 35.5 Å². The van der Waals surface area contributed by atoms with Crippen LogP contribution in [0.3, 0.4) is 0 Å². The maximum absolute atomic E-state index is 13.3. The Morgan fingerprint density at radius 3 is 2.35 bits per heavy atom. The summed E-state index contributed by atoms with van der Waals surface area (Å²) in [6.45, 7) is 4.37. The van der Waals surface area contributed by atoms with Gasteiger partial charge in [0.25, 0.3) is 15.9 Å². The van der Waals surface area contributed by atoms with E-state index >= 15 is 0 Å². The molecule has 1 heterocycles. The van der Waals surface area contributed by atoms with Crippen molar-refractivity contribution in [2.75, 3.05) is 22.7 Å². The number of carbonyl (C=O) groups excluding carboxylic acids is 1. The van der Waals surface area contributed by atoms with Crippen LogP contribution < -0.4 is 14.9 Å². The summed E-state index contributed by atoms with van der Waals surface area (Å²) in [4.78, 5) is 15.6. The molecule has 1 aliphatic heterocycles. The lowest BCUT2D eigenvalue weighted by atomic mass is 9.98. The molecular weight excluding hydrogens is 514 g/mol. The second-order valence-corrected chi connectivity index (χ2v) is 11.2. The van der Waals surface area contributed by atoms with Crippen molar-refractivity contribution in [2.45, 2.75) is 31.2 Å². The first-order chi connectivity index (χ1) is 16.3. The fraction of sp³-hybridized carbons (Fsp3) is 0.269. The molecule has 34 heavy (non-hydrogen) atoms. The third kappa shape index (κ3) is 5.98. The van der Waals surface area contributed by atoms with Gasteiger partial charge in [0.2, 0.25) is 0 Å². The minimum atomic E-state index is -3.79. The average molecular weight is 542 g/mol. The van der Waals surface area contributed by atoms with Crippen LogP contribution in [0.2, 0.25) is 0 Å². The van der Waals surface area contributed by atoms with Crippen LogP contribution >= 0.6 is 15.9 Å². The Morgan fingerprint density at radius 1 is 1.00 bits per heavy atom. The minimum absolute atomic E-state index is 0.153. The summed E-state index contributed by atoms with van der Waals surface area (Å²) >= 11 is 3.32. The molecule has 0 aromatic heterocycles. The highest BCUT2D eigenvalue weighted by Gasteiger charge is 2.23. The summed E-state index contributed by atoms with van der Waals surface area (Å²) in [5.74, 6) is 0.422. The molecule has 1 amide bonds. The third-order valence-electron chi connectivity index (χ3n) is 6.04. The number of benzene rings is 3. The van der Waals surface area contributed by atoms with Crippen LogP contribution in [0.5, 0.6) is 0 Å². The van der Waals surface area contributed by atoms with Crippen LogP contribution in [0, 0.1) is 5.92 Å². The number of halogens is 1. The molecule has 0 spiro atoms. The van der Waals surface area contributed by atoms with Crippen LogP contribution in [0.1, 0.15) is 35.7 Å². The fourth-order valence-corrected chi connectivity index (χ4v) is 5.32. The normalized spacial score (nSPS) is 14.6. The highest BCUT2D eigenvalue weighted by molar-refractivity contribution is 9.10. The fourth-order valence-electron chi connectivity index (χ4n) is 4.01. The Morgan fingerprint density at radius 2 is 1.68 bits per heavy atom. The van der Waals surface area contributed by atoms with Gasteiger partial charge in [0.15, 0.2) is 0 Å². The monoisotopic (exact) mass is 541 g/mol. The van der Waals surface area contributed by atoms with Gasteiger partial charge >= 0.3 is 0 Å². The molecule has 1 aliphatic rings. The van der Waals surface area contributed by atoms with Gasteiger partial charge in [0.1, 0.15) is 0 Å². The van der Waals surface area contributed by atoms with Crippen molar-refractivity contribution in [2.24, 2.45) is 5.92 Å². The van der Waals surface area contributed by atoms with E-state index in [2.05, 4.69) is 37.8 Å². The molecule has 1 saturated heterocycles. The summed E-state index contributed by atoms with van der Waals surface area (Å²) in [6, 6.07) is 21.3. The van der Waals surface area contributed by atoms with Crippen molar-refractivity contribution < 1.29 is 13.2 Å². The number of rotatable bonds is 7. The molecule has 3 aromatic rings. The number of carbonyl (C=O) groups is 1. The van der Waals surface area contributed by atoms with Crippen molar-refractivity contribution in [1.29, 1.82) is 0 Å². The largest absolute Gasteiger partial charge is 0.371 e. The molecule has 4 rings (SSSR count). The maximum Gasteiger partial charge on any atom is 0.261 e. The van der Waals surface area contributed by atoms with Gasteiger partial charge in [-0.3, -0.25) is 9.52 Å². The van der Waals surface area contributed by atoms with Crippen molar-refractivity contribution in [3.05, 3.63) is 88.4 Å². The average Bonchev–Trinajstić information content (AvgIpc) is 2.84. The van der Waals surface area contributed by atoms with Gasteiger partial charge < -0.3 is 10.2 Å². The zero-order valence-electron chi connectivity index (χ0n) is 19.0. The second kappa shape index (κ2) is 10.6. The van der Waals surface area contributed by atoms with Gasteiger partial charge in [-0.25, -0.2) is 8.42 Å². The number of anilines is 2. The van der Waals surface area contributed by atoms with E-state index in [1.165, 1.54) is 12.1 Å². The van der Waals surface area contributed by atoms with E-state index in [9.17, 15) is 13.2 Å². The SMILES string of the molecule is CC1CCN(c2ccc(NS(=O)(=O)c3ccc(Br)cc3)cc2C(=O)NCc2ccccc2)CC1.